The maximum atomic E-state index is 11.1. The third kappa shape index (κ3) is 3.62. The first-order chi connectivity index (χ1) is 7.63. The molecule has 0 saturated carbocycles. The summed E-state index contributed by atoms with van der Waals surface area (Å²) in [5.41, 5.74) is 1.15. The molecule has 84 valence electrons. The third-order valence-electron chi connectivity index (χ3n) is 1.86. The number of nitrogens with one attached hydrogen (secondary N) is 1. The molecule has 0 fully saturated rings. The number of aryl methyl sites for hydroxylation is 1. The average molecular weight is 219 g/mol. The maximum Gasteiger partial charge on any atom is 0.317 e. The summed E-state index contributed by atoms with van der Waals surface area (Å²) in [6.45, 7) is 3.81. The third-order valence-corrected chi connectivity index (χ3v) is 1.86. The fourth-order valence-electron chi connectivity index (χ4n) is 1.10. The number of carbonyl (C=O) groups excluding carboxylic acids is 1. The van der Waals surface area contributed by atoms with Gasteiger partial charge in [0.1, 0.15) is 6.42 Å². The van der Waals surface area contributed by atoms with E-state index in [9.17, 15) is 9.59 Å². The molecule has 0 aliphatic carbocycles. The van der Waals surface area contributed by atoms with E-state index in [1.54, 1.807) is 19.9 Å². The first kappa shape index (κ1) is 12.1. The number of aromatic nitrogens is 1. The van der Waals surface area contributed by atoms with E-state index in [0.717, 1.165) is 0 Å². The molecule has 0 radical (unpaired) electrons. The minimum atomic E-state index is -0.337. The molecule has 0 aliphatic rings. The fraction of sp³-hybridized carbons (Fsp3) is 0.333. The molecule has 1 aromatic heterocycles. The van der Waals surface area contributed by atoms with Crippen LogP contribution in [0.4, 0.5) is 0 Å². The van der Waals surface area contributed by atoms with Crippen molar-refractivity contribution < 1.29 is 9.53 Å². The lowest BCUT2D eigenvalue weighted by Gasteiger charge is -1.95. The molecule has 0 spiro atoms. The SMILES string of the molecule is CCOC(=O)CC#Cc1c[nH]c(=O)c(C)c1. The molecule has 1 aromatic rings. The number of hydrogen-bond acceptors (Lipinski definition) is 3. The highest BCUT2D eigenvalue weighted by atomic mass is 16.5. The van der Waals surface area contributed by atoms with Gasteiger partial charge >= 0.3 is 5.97 Å². The molecular weight excluding hydrogens is 206 g/mol. The molecule has 0 unspecified atom stereocenters. The first-order valence-corrected chi connectivity index (χ1v) is 4.97. The van der Waals surface area contributed by atoms with Crippen LogP contribution in [0.1, 0.15) is 24.5 Å². The van der Waals surface area contributed by atoms with Crippen molar-refractivity contribution in [1.29, 1.82) is 0 Å². The Labute approximate surface area is 93.6 Å². The van der Waals surface area contributed by atoms with E-state index in [-0.39, 0.29) is 17.9 Å². The van der Waals surface area contributed by atoms with Crippen LogP contribution in [0.25, 0.3) is 0 Å². The van der Waals surface area contributed by atoms with Gasteiger partial charge in [-0.15, -0.1) is 0 Å². The zero-order chi connectivity index (χ0) is 12.0. The van der Waals surface area contributed by atoms with E-state index in [2.05, 4.69) is 16.8 Å². The summed E-state index contributed by atoms with van der Waals surface area (Å²) in [6, 6.07) is 1.68. The van der Waals surface area contributed by atoms with Gasteiger partial charge in [0.15, 0.2) is 0 Å². The van der Waals surface area contributed by atoms with Crippen molar-refractivity contribution in [1.82, 2.24) is 4.98 Å². The number of H-pyrrole nitrogens is 1. The van der Waals surface area contributed by atoms with Crippen LogP contribution in [-0.2, 0) is 9.53 Å². The van der Waals surface area contributed by atoms with Gasteiger partial charge in [0.2, 0.25) is 0 Å². The van der Waals surface area contributed by atoms with E-state index in [1.165, 1.54) is 6.20 Å². The van der Waals surface area contributed by atoms with E-state index < -0.39 is 0 Å². The lowest BCUT2D eigenvalue weighted by molar-refractivity contribution is -0.141. The Morgan fingerprint density at radius 3 is 2.94 bits per heavy atom. The molecule has 4 heteroatoms. The zero-order valence-corrected chi connectivity index (χ0v) is 9.29. The van der Waals surface area contributed by atoms with Gasteiger partial charge in [-0.25, -0.2) is 0 Å². The molecule has 0 bridgehead atoms. The summed E-state index contributed by atoms with van der Waals surface area (Å²) in [5, 5.41) is 0. The largest absolute Gasteiger partial charge is 0.465 e. The van der Waals surface area contributed by atoms with Gasteiger partial charge in [0.05, 0.1) is 6.61 Å². The number of esters is 1. The smallest absolute Gasteiger partial charge is 0.317 e. The van der Waals surface area contributed by atoms with E-state index in [1.807, 2.05) is 0 Å². The van der Waals surface area contributed by atoms with Gasteiger partial charge in [-0.3, -0.25) is 9.59 Å². The number of rotatable bonds is 2. The second-order valence-corrected chi connectivity index (χ2v) is 3.18. The molecule has 0 saturated heterocycles. The van der Waals surface area contributed by atoms with E-state index in [4.69, 9.17) is 4.74 Å². The summed E-state index contributed by atoms with van der Waals surface area (Å²) in [6.07, 6.45) is 1.58. The van der Waals surface area contributed by atoms with Crippen LogP contribution in [0.2, 0.25) is 0 Å². The first-order valence-electron chi connectivity index (χ1n) is 4.97. The van der Waals surface area contributed by atoms with Gasteiger partial charge in [-0.05, 0) is 19.9 Å². The standard InChI is InChI=1S/C12H13NO3/c1-3-16-11(14)6-4-5-10-7-9(2)12(15)13-8-10/h7-8H,3,6H2,1-2H3,(H,13,15). The quantitative estimate of drug-likeness (QED) is 0.596. The molecule has 0 atom stereocenters. The van der Waals surface area contributed by atoms with E-state index >= 15 is 0 Å². The van der Waals surface area contributed by atoms with Gasteiger partial charge in [-0.2, -0.15) is 0 Å². The Balaban J connectivity index is 2.67. The highest BCUT2D eigenvalue weighted by Gasteiger charge is 1.97. The predicted octanol–water partition coefficient (Wildman–Crippen LogP) is 0.988. The summed E-state index contributed by atoms with van der Waals surface area (Å²) in [4.78, 5) is 24.6. The van der Waals surface area contributed by atoms with Crippen molar-refractivity contribution >= 4 is 5.97 Å². The summed E-state index contributed by atoms with van der Waals surface area (Å²) >= 11 is 0. The van der Waals surface area contributed by atoms with Gasteiger partial charge in [-0.1, -0.05) is 11.8 Å². The molecule has 16 heavy (non-hydrogen) atoms. The minimum Gasteiger partial charge on any atom is -0.465 e. The minimum absolute atomic E-state index is 0.0615. The van der Waals surface area contributed by atoms with Gasteiger partial charge in [0, 0.05) is 17.3 Å². The number of pyridine rings is 1. The lowest BCUT2D eigenvalue weighted by Crippen LogP contribution is -2.08. The van der Waals surface area contributed by atoms with Gasteiger partial charge < -0.3 is 9.72 Å². The Hall–Kier alpha value is -2.02. The van der Waals surface area contributed by atoms with E-state index in [0.29, 0.717) is 17.7 Å². The zero-order valence-electron chi connectivity index (χ0n) is 9.29. The van der Waals surface area contributed by atoms with Crippen LogP contribution in [0, 0.1) is 18.8 Å². The Morgan fingerprint density at radius 1 is 1.56 bits per heavy atom. The number of carbonyl (C=O) groups is 1. The Kier molecular flexibility index (Phi) is 4.34. The van der Waals surface area contributed by atoms with Crippen LogP contribution in [0.3, 0.4) is 0 Å². The summed E-state index contributed by atoms with van der Waals surface area (Å²) in [7, 11) is 0. The van der Waals surface area contributed by atoms with Crippen LogP contribution in [0.15, 0.2) is 17.1 Å². The highest BCUT2D eigenvalue weighted by Crippen LogP contribution is 1.95. The Morgan fingerprint density at radius 2 is 2.31 bits per heavy atom. The second-order valence-electron chi connectivity index (χ2n) is 3.18. The average Bonchev–Trinajstić information content (AvgIpc) is 2.24. The maximum absolute atomic E-state index is 11.1. The number of hydrogen-bond donors (Lipinski definition) is 1. The number of aromatic amines is 1. The molecule has 1 rings (SSSR count). The molecule has 1 heterocycles. The monoisotopic (exact) mass is 219 g/mol. The topological polar surface area (TPSA) is 59.2 Å². The summed E-state index contributed by atoms with van der Waals surface area (Å²) in [5.74, 6) is 5.13. The lowest BCUT2D eigenvalue weighted by atomic mass is 10.2. The molecule has 0 aromatic carbocycles. The van der Waals surface area contributed by atoms with Crippen molar-refractivity contribution in [2.24, 2.45) is 0 Å². The number of ether oxygens (including phenoxy) is 1. The van der Waals surface area contributed by atoms with Crippen LogP contribution < -0.4 is 5.56 Å². The fourth-order valence-corrected chi connectivity index (χ4v) is 1.10. The predicted molar refractivity (Wildman–Crippen MR) is 59.9 cm³/mol. The molecular formula is C12H13NO3. The highest BCUT2D eigenvalue weighted by molar-refractivity contribution is 5.72. The summed E-state index contributed by atoms with van der Waals surface area (Å²) < 4.78 is 4.72. The molecule has 1 N–H and O–H groups in total. The van der Waals surface area contributed by atoms with Gasteiger partial charge in [0.25, 0.3) is 5.56 Å². The van der Waals surface area contributed by atoms with Crippen molar-refractivity contribution in [3.8, 4) is 11.8 Å². The normalized spacial score (nSPS) is 9.12. The van der Waals surface area contributed by atoms with Crippen LogP contribution in [0.5, 0.6) is 0 Å². The molecule has 0 amide bonds. The molecule has 0 aliphatic heterocycles. The van der Waals surface area contributed by atoms with Crippen LogP contribution in [-0.4, -0.2) is 17.6 Å². The molecule has 4 nitrogen and oxygen atoms in total. The Bertz CT molecular complexity index is 491. The second kappa shape index (κ2) is 5.76. The van der Waals surface area contributed by atoms with Crippen molar-refractivity contribution in [3.05, 3.63) is 33.7 Å². The van der Waals surface area contributed by atoms with Crippen molar-refractivity contribution in [2.45, 2.75) is 20.3 Å². The van der Waals surface area contributed by atoms with Crippen LogP contribution >= 0.6 is 0 Å². The van der Waals surface area contributed by atoms with Crippen molar-refractivity contribution in [3.63, 3.8) is 0 Å². The van der Waals surface area contributed by atoms with Crippen molar-refractivity contribution in [2.75, 3.05) is 6.61 Å².